The van der Waals surface area contributed by atoms with Gasteiger partial charge in [-0.1, -0.05) is 11.6 Å². The topological polar surface area (TPSA) is 48.7 Å². The zero-order valence-corrected chi connectivity index (χ0v) is 11.7. The van der Waals surface area contributed by atoms with Gasteiger partial charge >= 0.3 is 0 Å². The maximum absolute atomic E-state index is 8.75. The number of hydrogen-bond donors (Lipinski definition) is 1. The lowest BCUT2D eigenvalue weighted by Gasteiger charge is -2.06. The summed E-state index contributed by atoms with van der Waals surface area (Å²) in [4.78, 5) is 5.03. The van der Waals surface area contributed by atoms with E-state index in [0.29, 0.717) is 16.6 Å². The number of anilines is 1. The van der Waals surface area contributed by atoms with Gasteiger partial charge in [0.05, 0.1) is 18.2 Å². The normalized spacial score (nSPS) is 9.94. The van der Waals surface area contributed by atoms with Crippen LogP contribution in [-0.2, 0) is 6.54 Å². The van der Waals surface area contributed by atoms with Gasteiger partial charge in [0.1, 0.15) is 0 Å². The lowest BCUT2D eigenvalue weighted by molar-refractivity contribution is 1.17. The second kappa shape index (κ2) is 5.50. The van der Waals surface area contributed by atoms with E-state index < -0.39 is 0 Å². The van der Waals surface area contributed by atoms with Gasteiger partial charge in [0.15, 0.2) is 4.47 Å². The van der Waals surface area contributed by atoms with Gasteiger partial charge in [-0.25, -0.2) is 4.98 Å². The van der Waals surface area contributed by atoms with Crippen LogP contribution in [0, 0.1) is 11.3 Å². The average molecular weight is 329 g/mol. The van der Waals surface area contributed by atoms with Crippen molar-refractivity contribution in [3.63, 3.8) is 0 Å². The number of nitrogens with one attached hydrogen (secondary N) is 1. The van der Waals surface area contributed by atoms with Crippen LogP contribution in [0.25, 0.3) is 0 Å². The first-order valence-electron chi connectivity index (χ1n) is 4.73. The van der Waals surface area contributed by atoms with Gasteiger partial charge in [0, 0.05) is 21.2 Å². The molecular formula is C11H7BrClN3S. The Kier molecular flexibility index (Phi) is 4.00. The molecule has 0 amide bonds. The number of halogens is 2. The molecular weight excluding hydrogens is 322 g/mol. The highest BCUT2D eigenvalue weighted by atomic mass is 79.9. The smallest absolute Gasteiger partial charge is 0.183 e. The van der Waals surface area contributed by atoms with Gasteiger partial charge in [-0.15, -0.1) is 11.3 Å². The van der Waals surface area contributed by atoms with E-state index in [9.17, 15) is 0 Å². The molecule has 1 heterocycles. The molecule has 0 atom stereocenters. The van der Waals surface area contributed by atoms with E-state index in [1.165, 1.54) is 11.3 Å². The van der Waals surface area contributed by atoms with Gasteiger partial charge in [-0.05, 0) is 34.1 Å². The Morgan fingerprint density at radius 2 is 2.35 bits per heavy atom. The fraction of sp³-hybridized carbons (Fsp3) is 0.0909. The number of thiazole rings is 1. The average Bonchev–Trinajstić information content (AvgIpc) is 2.73. The van der Waals surface area contributed by atoms with Crippen molar-refractivity contribution in [1.29, 1.82) is 5.26 Å². The van der Waals surface area contributed by atoms with E-state index in [2.05, 4.69) is 32.3 Å². The van der Waals surface area contributed by atoms with Crippen LogP contribution in [0.2, 0.25) is 4.47 Å². The van der Waals surface area contributed by atoms with Gasteiger partial charge in [0.2, 0.25) is 0 Å². The van der Waals surface area contributed by atoms with E-state index in [0.717, 1.165) is 15.0 Å². The predicted octanol–water partition coefficient (Wildman–Crippen LogP) is 4.04. The van der Waals surface area contributed by atoms with Crippen LogP contribution in [0.1, 0.15) is 10.4 Å². The summed E-state index contributed by atoms with van der Waals surface area (Å²) in [6, 6.07) is 7.51. The van der Waals surface area contributed by atoms with E-state index in [-0.39, 0.29) is 0 Å². The molecule has 0 aliphatic rings. The number of rotatable bonds is 3. The van der Waals surface area contributed by atoms with Crippen molar-refractivity contribution in [1.82, 2.24) is 4.98 Å². The summed E-state index contributed by atoms with van der Waals surface area (Å²) < 4.78 is 1.41. The van der Waals surface area contributed by atoms with Gasteiger partial charge < -0.3 is 5.32 Å². The number of benzene rings is 1. The fourth-order valence-electron chi connectivity index (χ4n) is 1.28. The lowest BCUT2D eigenvalue weighted by atomic mass is 10.2. The second-order valence-electron chi connectivity index (χ2n) is 3.24. The van der Waals surface area contributed by atoms with Crippen LogP contribution in [0.4, 0.5) is 5.69 Å². The first kappa shape index (κ1) is 12.4. The molecule has 2 rings (SSSR count). The quantitative estimate of drug-likeness (QED) is 0.925. The minimum absolute atomic E-state index is 0.542. The molecule has 0 saturated heterocycles. The summed E-state index contributed by atoms with van der Waals surface area (Å²) in [7, 11) is 0. The van der Waals surface area contributed by atoms with Crippen LogP contribution < -0.4 is 5.32 Å². The zero-order chi connectivity index (χ0) is 12.3. The number of aromatic nitrogens is 1. The van der Waals surface area contributed by atoms with E-state index >= 15 is 0 Å². The summed E-state index contributed by atoms with van der Waals surface area (Å²) in [5, 5.41) is 12.0. The summed E-state index contributed by atoms with van der Waals surface area (Å²) in [6.45, 7) is 0.662. The maximum atomic E-state index is 8.75. The van der Waals surface area contributed by atoms with Crippen molar-refractivity contribution in [3.05, 3.63) is 43.8 Å². The Hall–Kier alpha value is -1.09. The van der Waals surface area contributed by atoms with Gasteiger partial charge in [-0.2, -0.15) is 5.26 Å². The van der Waals surface area contributed by atoms with Crippen molar-refractivity contribution in [3.8, 4) is 6.07 Å². The largest absolute Gasteiger partial charge is 0.379 e. The van der Waals surface area contributed by atoms with E-state index in [1.54, 1.807) is 18.3 Å². The summed E-state index contributed by atoms with van der Waals surface area (Å²) in [6.07, 6.45) is 1.75. The molecule has 3 nitrogen and oxygen atoms in total. The Labute approximate surface area is 116 Å². The van der Waals surface area contributed by atoms with Crippen molar-refractivity contribution in [2.24, 2.45) is 0 Å². The fourth-order valence-corrected chi connectivity index (χ4v) is 2.71. The van der Waals surface area contributed by atoms with Crippen LogP contribution in [-0.4, -0.2) is 4.98 Å². The number of nitriles is 1. The molecule has 0 unspecified atom stereocenters. The standard InChI is InChI=1S/C11H7BrClN3S/c12-9-3-7(4-14)1-2-10(9)15-5-8-6-16-11(13)17-8/h1-3,6,15H,5H2. The maximum Gasteiger partial charge on any atom is 0.183 e. The highest BCUT2D eigenvalue weighted by Crippen LogP contribution is 2.25. The molecule has 1 N–H and O–H groups in total. The highest BCUT2D eigenvalue weighted by Gasteiger charge is 2.03. The molecule has 1 aromatic heterocycles. The number of hydrogen-bond acceptors (Lipinski definition) is 4. The van der Waals surface area contributed by atoms with E-state index in [4.69, 9.17) is 16.9 Å². The van der Waals surface area contributed by atoms with Crippen molar-refractivity contribution in [2.75, 3.05) is 5.32 Å². The molecule has 0 spiro atoms. The zero-order valence-electron chi connectivity index (χ0n) is 8.58. The molecule has 1 aromatic carbocycles. The first-order valence-corrected chi connectivity index (χ1v) is 6.71. The predicted molar refractivity (Wildman–Crippen MR) is 73.3 cm³/mol. The van der Waals surface area contributed by atoms with Gasteiger partial charge in [0.25, 0.3) is 0 Å². The van der Waals surface area contributed by atoms with Crippen LogP contribution >= 0.6 is 38.9 Å². The molecule has 2 aromatic rings. The van der Waals surface area contributed by atoms with Crippen molar-refractivity contribution < 1.29 is 0 Å². The first-order chi connectivity index (χ1) is 8.19. The molecule has 0 bridgehead atoms. The van der Waals surface area contributed by atoms with Crippen molar-refractivity contribution >= 4 is 44.6 Å². The molecule has 0 aliphatic carbocycles. The molecule has 86 valence electrons. The molecule has 0 aliphatic heterocycles. The lowest BCUT2D eigenvalue weighted by Crippen LogP contribution is -1.98. The third-order valence-corrected chi connectivity index (χ3v) is 3.85. The summed E-state index contributed by atoms with van der Waals surface area (Å²) >= 11 is 10.6. The SMILES string of the molecule is N#Cc1ccc(NCc2cnc(Cl)s2)c(Br)c1. The summed E-state index contributed by atoms with van der Waals surface area (Å²) in [5.74, 6) is 0. The second-order valence-corrected chi connectivity index (χ2v) is 5.79. The van der Waals surface area contributed by atoms with Crippen LogP contribution in [0.3, 0.4) is 0 Å². The minimum Gasteiger partial charge on any atom is -0.379 e. The van der Waals surface area contributed by atoms with Crippen LogP contribution in [0.5, 0.6) is 0 Å². The Balaban J connectivity index is 2.07. The third-order valence-electron chi connectivity index (χ3n) is 2.08. The molecule has 17 heavy (non-hydrogen) atoms. The Morgan fingerprint density at radius 1 is 1.53 bits per heavy atom. The van der Waals surface area contributed by atoms with Crippen LogP contribution in [0.15, 0.2) is 28.9 Å². The molecule has 6 heteroatoms. The monoisotopic (exact) mass is 327 g/mol. The Morgan fingerprint density at radius 3 is 2.94 bits per heavy atom. The molecule has 0 radical (unpaired) electrons. The molecule has 0 saturated carbocycles. The Bertz CT molecular complexity index is 576. The third kappa shape index (κ3) is 3.19. The minimum atomic E-state index is 0.542. The highest BCUT2D eigenvalue weighted by molar-refractivity contribution is 9.10. The number of nitrogens with zero attached hydrogens (tertiary/aromatic N) is 2. The molecule has 0 fully saturated rings. The van der Waals surface area contributed by atoms with Crippen molar-refractivity contribution in [2.45, 2.75) is 6.54 Å². The van der Waals surface area contributed by atoms with Gasteiger partial charge in [-0.3, -0.25) is 0 Å². The van der Waals surface area contributed by atoms with E-state index in [1.807, 2.05) is 6.07 Å². The summed E-state index contributed by atoms with van der Waals surface area (Å²) in [5.41, 5.74) is 1.57.